The molecule has 0 radical (unpaired) electrons. The van der Waals surface area contributed by atoms with Gasteiger partial charge in [-0.1, -0.05) is 63.8 Å². The molecule has 0 spiro atoms. The van der Waals surface area contributed by atoms with Crippen molar-refractivity contribution in [3.05, 3.63) is 59.7 Å². The van der Waals surface area contributed by atoms with Crippen molar-refractivity contribution in [2.75, 3.05) is 13.2 Å². The third-order valence-corrected chi connectivity index (χ3v) is 8.41. The third-order valence-electron chi connectivity index (χ3n) is 8.41. The standard InChI is InChI=1S/2C17H26O/c2*1-3-5-14-6-8-15(9-7-14)16-10-12-17(13-11-16)18-4-2/h2*10-15H,3-9H2,1-2H3. The summed E-state index contributed by atoms with van der Waals surface area (Å²) in [4.78, 5) is 0. The van der Waals surface area contributed by atoms with Gasteiger partial charge in [0.25, 0.3) is 0 Å². The van der Waals surface area contributed by atoms with Crippen molar-refractivity contribution in [1.29, 1.82) is 0 Å². The Kier molecular flexibility index (Phi) is 12.7. The largest absolute Gasteiger partial charge is 0.494 e. The Balaban J connectivity index is 0.000000201. The fraction of sp³-hybridized carbons (Fsp3) is 0.647. The fourth-order valence-electron chi connectivity index (χ4n) is 6.39. The molecule has 0 bridgehead atoms. The van der Waals surface area contributed by atoms with Crippen LogP contribution in [0.25, 0.3) is 0 Å². The Morgan fingerprint density at radius 2 is 0.833 bits per heavy atom. The van der Waals surface area contributed by atoms with Crippen molar-refractivity contribution in [3.8, 4) is 11.5 Å². The van der Waals surface area contributed by atoms with Gasteiger partial charge in [-0.25, -0.2) is 0 Å². The lowest BCUT2D eigenvalue weighted by atomic mass is 9.77. The first-order chi connectivity index (χ1) is 17.7. The van der Waals surface area contributed by atoms with Gasteiger partial charge in [0.15, 0.2) is 0 Å². The van der Waals surface area contributed by atoms with Crippen LogP contribution in [0.5, 0.6) is 11.5 Å². The second-order valence-electron chi connectivity index (χ2n) is 11.0. The second kappa shape index (κ2) is 16.0. The zero-order chi connectivity index (χ0) is 25.6. The number of hydrogen-bond donors (Lipinski definition) is 0. The average molecular weight is 493 g/mol. The summed E-state index contributed by atoms with van der Waals surface area (Å²) in [6.07, 6.45) is 16.7. The van der Waals surface area contributed by atoms with Gasteiger partial charge in [0.1, 0.15) is 11.5 Å². The van der Waals surface area contributed by atoms with Crippen molar-refractivity contribution < 1.29 is 9.47 Å². The first-order valence-electron chi connectivity index (χ1n) is 15.1. The Hall–Kier alpha value is -1.96. The molecular weight excluding hydrogens is 440 g/mol. The van der Waals surface area contributed by atoms with E-state index in [1.165, 1.54) is 88.2 Å². The first kappa shape index (κ1) is 28.6. The molecule has 36 heavy (non-hydrogen) atoms. The van der Waals surface area contributed by atoms with Crippen molar-refractivity contribution in [2.45, 2.75) is 117 Å². The summed E-state index contributed by atoms with van der Waals surface area (Å²) in [5, 5.41) is 0. The monoisotopic (exact) mass is 492 g/mol. The summed E-state index contributed by atoms with van der Waals surface area (Å²) in [5.41, 5.74) is 3.02. The van der Waals surface area contributed by atoms with E-state index in [1.54, 1.807) is 0 Å². The number of benzene rings is 2. The fourth-order valence-corrected chi connectivity index (χ4v) is 6.39. The molecule has 2 nitrogen and oxygen atoms in total. The van der Waals surface area contributed by atoms with Crippen molar-refractivity contribution in [3.63, 3.8) is 0 Å². The number of ether oxygens (including phenoxy) is 2. The summed E-state index contributed by atoms with van der Waals surface area (Å²) in [6, 6.07) is 17.5. The van der Waals surface area contributed by atoms with E-state index in [9.17, 15) is 0 Å². The predicted molar refractivity (Wildman–Crippen MR) is 154 cm³/mol. The minimum Gasteiger partial charge on any atom is -0.494 e. The zero-order valence-corrected chi connectivity index (χ0v) is 23.6. The van der Waals surface area contributed by atoms with Crippen LogP contribution in [0.3, 0.4) is 0 Å². The summed E-state index contributed by atoms with van der Waals surface area (Å²) < 4.78 is 11.0. The van der Waals surface area contributed by atoms with E-state index in [4.69, 9.17) is 9.47 Å². The van der Waals surface area contributed by atoms with Gasteiger partial charge in [-0.15, -0.1) is 0 Å². The van der Waals surface area contributed by atoms with Gasteiger partial charge in [0, 0.05) is 0 Å². The molecule has 200 valence electrons. The van der Waals surface area contributed by atoms with Crippen molar-refractivity contribution in [2.24, 2.45) is 11.8 Å². The molecule has 0 aromatic heterocycles. The van der Waals surface area contributed by atoms with Crippen LogP contribution in [0, 0.1) is 11.8 Å². The Morgan fingerprint density at radius 3 is 1.11 bits per heavy atom. The second-order valence-corrected chi connectivity index (χ2v) is 11.0. The molecule has 2 aliphatic rings. The molecule has 0 heterocycles. The highest BCUT2D eigenvalue weighted by Gasteiger charge is 2.22. The van der Waals surface area contributed by atoms with Crippen molar-refractivity contribution in [1.82, 2.24) is 0 Å². The molecule has 2 aromatic carbocycles. The van der Waals surface area contributed by atoms with Gasteiger partial charge in [-0.2, -0.15) is 0 Å². The number of rotatable bonds is 10. The van der Waals surface area contributed by atoms with Crippen LogP contribution >= 0.6 is 0 Å². The molecule has 0 unspecified atom stereocenters. The third kappa shape index (κ3) is 9.16. The van der Waals surface area contributed by atoms with E-state index < -0.39 is 0 Å². The smallest absolute Gasteiger partial charge is 0.119 e. The maximum atomic E-state index is 5.50. The molecule has 0 saturated heterocycles. The van der Waals surface area contributed by atoms with E-state index in [0.29, 0.717) is 0 Å². The Morgan fingerprint density at radius 1 is 0.500 bits per heavy atom. The van der Waals surface area contributed by atoms with Crippen LogP contribution in [0.4, 0.5) is 0 Å². The minimum atomic E-state index is 0.751. The van der Waals surface area contributed by atoms with Gasteiger partial charge < -0.3 is 9.47 Å². The summed E-state index contributed by atoms with van der Waals surface area (Å²) in [5.74, 6) is 5.56. The van der Waals surface area contributed by atoms with Gasteiger partial charge in [0.05, 0.1) is 13.2 Å². The highest BCUT2D eigenvalue weighted by molar-refractivity contribution is 5.30. The van der Waals surface area contributed by atoms with Gasteiger partial charge in [0.2, 0.25) is 0 Å². The van der Waals surface area contributed by atoms with Crippen LogP contribution < -0.4 is 9.47 Å². The Labute approximate surface area is 222 Å². The first-order valence-corrected chi connectivity index (χ1v) is 15.1. The minimum absolute atomic E-state index is 0.751. The van der Waals surface area contributed by atoms with Gasteiger partial charge in [-0.05, 0) is 124 Å². The molecule has 4 rings (SSSR count). The average Bonchev–Trinajstić information content (AvgIpc) is 2.92. The van der Waals surface area contributed by atoms with Crippen LogP contribution in [0.15, 0.2) is 48.5 Å². The maximum Gasteiger partial charge on any atom is 0.119 e. The molecule has 2 saturated carbocycles. The highest BCUT2D eigenvalue weighted by Crippen LogP contribution is 2.39. The van der Waals surface area contributed by atoms with Gasteiger partial charge in [-0.3, -0.25) is 0 Å². The van der Waals surface area contributed by atoms with E-state index >= 15 is 0 Å². The zero-order valence-electron chi connectivity index (χ0n) is 23.6. The van der Waals surface area contributed by atoms with Crippen LogP contribution in [-0.2, 0) is 0 Å². The van der Waals surface area contributed by atoms with Crippen LogP contribution in [-0.4, -0.2) is 13.2 Å². The number of hydrogen-bond acceptors (Lipinski definition) is 2. The molecule has 0 amide bonds. The maximum absolute atomic E-state index is 5.50. The molecule has 2 aromatic rings. The molecule has 0 N–H and O–H groups in total. The topological polar surface area (TPSA) is 18.5 Å². The van der Waals surface area contributed by atoms with E-state index in [-0.39, 0.29) is 0 Å². The van der Waals surface area contributed by atoms with Crippen LogP contribution in [0.2, 0.25) is 0 Å². The predicted octanol–water partition coefficient (Wildman–Crippen LogP) is 10.3. The molecule has 2 aliphatic carbocycles. The van der Waals surface area contributed by atoms with E-state index in [0.717, 1.165) is 48.4 Å². The molecule has 0 atom stereocenters. The molecule has 2 heteroatoms. The molecular formula is C34H52O2. The Bertz CT molecular complexity index is 738. The summed E-state index contributed by atoms with van der Waals surface area (Å²) >= 11 is 0. The molecule has 2 fully saturated rings. The van der Waals surface area contributed by atoms with Crippen molar-refractivity contribution >= 4 is 0 Å². The highest BCUT2D eigenvalue weighted by atomic mass is 16.5. The molecule has 0 aliphatic heterocycles. The lowest BCUT2D eigenvalue weighted by Crippen LogP contribution is -2.13. The lowest BCUT2D eigenvalue weighted by Gasteiger charge is -2.28. The summed E-state index contributed by atoms with van der Waals surface area (Å²) in [6.45, 7) is 10.2. The lowest BCUT2D eigenvalue weighted by molar-refractivity contribution is 0.308. The SMILES string of the molecule is CCCC1CCC(c2ccc(OCC)cc2)CC1.CCCC1CCC(c2ccc(OCC)cc2)CC1. The van der Waals surface area contributed by atoms with Gasteiger partial charge >= 0.3 is 0 Å². The normalized spacial score (nSPS) is 23.9. The quantitative estimate of drug-likeness (QED) is 0.328. The van der Waals surface area contributed by atoms with E-state index in [1.807, 2.05) is 13.8 Å². The summed E-state index contributed by atoms with van der Waals surface area (Å²) in [7, 11) is 0. The van der Waals surface area contributed by atoms with Crippen LogP contribution in [0.1, 0.15) is 128 Å². The van der Waals surface area contributed by atoms with E-state index in [2.05, 4.69) is 62.4 Å².